The fraction of sp³-hybridized carbons (Fsp3) is 0.400. The molecule has 1 heterocycles. The Morgan fingerprint density at radius 1 is 0.968 bits per heavy atom. The van der Waals surface area contributed by atoms with E-state index >= 15 is 0 Å². The molecule has 1 fully saturated rings. The van der Waals surface area contributed by atoms with Gasteiger partial charge >= 0.3 is 0 Å². The molecule has 31 heavy (non-hydrogen) atoms. The number of nitrogens with one attached hydrogen (secondary N) is 1. The quantitative estimate of drug-likeness (QED) is 0.480. The first-order valence-corrected chi connectivity index (χ1v) is 11.3. The number of carbonyl (C=O) groups excluding carboxylic acids is 1. The molecule has 2 atom stereocenters. The fourth-order valence-corrected chi connectivity index (χ4v) is 6.03. The molecule has 0 spiro atoms. The summed E-state index contributed by atoms with van der Waals surface area (Å²) in [5.74, 6) is -0.0117. The van der Waals surface area contributed by atoms with Crippen molar-refractivity contribution in [2.24, 2.45) is 5.41 Å². The summed E-state index contributed by atoms with van der Waals surface area (Å²) in [5, 5.41) is 4.13. The highest BCUT2D eigenvalue weighted by Crippen LogP contribution is 2.70. The van der Waals surface area contributed by atoms with Gasteiger partial charge in [0.1, 0.15) is 0 Å². The van der Waals surface area contributed by atoms with Gasteiger partial charge in [-0.1, -0.05) is 56.1 Å². The molecule has 160 valence electrons. The summed E-state index contributed by atoms with van der Waals surface area (Å²) < 4.78 is 0. The van der Waals surface area contributed by atoms with Crippen LogP contribution in [0, 0.1) is 19.3 Å². The summed E-state index contributed by atoms with van der Waals surface area (Å²) in [4.78, 5) is 24.0. The minimum absolute atomic E-state index is 0.0117. The second-order valence-corrected chi connectivity index (χ2v) is 10.6. The minimum Gasteiger partial charge on any atom is -0.325 e. The largest absolute Gasteiger partial charge is 0.325 e. The van der Waals surface area contributed by atoms with Crippen LogP contribution in [-0.4, -0.2) is 15.9 Å². The van der Waals surface area contributed by atoms with Gasteiger partial charge in [-0.05, 0) is 61.4 Å². The molecule has 1 N–H and O–H groups in total. The van der Waals surface area contributed by atoms with Crippen molar-refractivity contribution >= 4 is 45.8 Å². The molecule has 2 aliphatic carbocycles. The van der Waals surface area contributed by atoms with Gasteiger partial charge in [0, 0.05) is 11.1 Å². The van der Waals surface area contributed by atoms with Crippen molar-refractivity contribution in [3.8, 4) is 0 Å². The summed E-state index contributed by atoms with van der Waals surface area (Å²) in [7, 11) is 0. The van der Waals surface area contributed by atoms with Crippen LogP contribution in [0.2, 0.25) is 10.0 Å². The number of amides is 1. The standard InChI is InChI=1S/C25H25Cl2N3O/c1-13-7-6-8-17(14(13)2)30-22(31)25-10-9-24(5,23(25,3)4)20-21(25)29-19-12-16(27)15(26)11-18(19)28-20/h6-8,11-12H,9-10H2,1-5H3,(H,30,31). The van der Waals surface area contributed by atoms with Gasteiger partial charge in [0.2, 0.25) is 5.91 Å². The normalized spacial score (nSPS) is 25.6. The molecule has 0 saturated heterocycles. The zero-order valence-corrected chi connectivity index (χ0v) is 19.9. The molecule has 2 bridgehead atoms. The molecule has 4 nitrogen and oxygen atoms in total. The van der Waals surface area contributed by atoms with E-state index < -0.39 is 5.41 Å². The van der Waals surface area contributed by atoms with E-state index in [0.717, 1.165) is 41.0 Å². The molecule has 6 heteroatoms. The molecule has 0 radical (unpaired) electrons. The monoisotopic (exact) mass is 453 g/mol. The predicted molar refractivity (Wildman–Crippen MR) is 126 cm³/mol. The van der Waals surface area contributed by atoms with E-state index in [1.807, 2.05) is 19.1 Å². The second kappa shape index (κ2) is 6.43. The number of hydrogen-bond donors (Lipinski definition) is 1. The Hall–Kier alpha value is -2.17. The van der Waals surface area contributed by atoms with Gasteiger partial charge in [0.15, 0.2) is 0 Å². The smallest absolute Gasteiger partial charge is 0.237 e. The number of hydrogen-bond acceptors (Lipinski definition) is 3. The van der Waals surface area contributed by atoms with Gasteiger partial charge in [-0.3, -0.25) is 4.79 Å². The molecule has 2 aliphatic rings. The number of aryl methyl sites for hydroxylation is 1. The van der Waals surface area contributed by atoms with Crippen molar-refractivity contribution in [3.63, 3.8) is 0 Å². The fourth-order valence-electron chi connectivity index (χ4n) is 5.72. The van der Waals surface area contributed by atoms with E-state index in [1.54, 1.807) is 12.1 Å². The summed E-state index contributed by atoms with van der Waals surface area (Å²) in [6, 6.07) is 9.49. The molecule has 5 rings (SSSR count). The highest BCUT2D eigenvalue weighted by atomic mass is 35.5. The Morgan fingerprint density at radius 2 is 1.58 bits per heavy atom. The van der Waals surface area contributed by atoms with Crippen LogP contribution >= 0.6 is 23.2 Å². The Bertz CT molecular complexity index is 1290. The molecule has 1 amide bonds. The van der Waals surface area contributed by atoms with E-state index in [1.165, 1.54) is 0 Å². The first kappa shape index (κ1) is 20.7. The first-order chi connectivity index (χ1) is 14.5. The van der Waals surface area contributed by atoms with Crippen LogP contribution in [0.25, 0.3) is 11.0 Å². The van der Waals surface area contributed by atoms with Crippen LogP contribution < -0.4 is 5.32 Å². The van der Waals surface area contributed by atoms with Crippen molar-refractivity contribution in [2.75, 3.05) is 5.32 Å². The van der Waals surface area contributed by atoms with Gasteiger partial charge in [-0.2, -0.15) is 0 Å². The average Bonchev–Trinajstić information content (AvgIpc) is 3.00. The number of halogens is 2. The maximum Gasteiger partial charge on any atom is 0.237 e. The number of carbonyl (C=O) groups is 1. The van der Waals surface area contributed by atoms with Gasteiger partial charge in [0.05, 0.1) is 37.9 Å². The van der Waals surface area contributed by atoms with E-state index in [4.69, 9.17) is 33.2 Å². The molecule has 0 aliphatic heterocycles. The summed E-state index contributed by atoms with van der Waals surface area (Å²) in [6.07, 6.45) is 1.62. The van der Waals surface area contributed by atoms with Crippen LogP contribution in [0.3, 0.4) is 0 Å². The predicted octanol–water partition coefficient (Wildman–Crippen LogP) is 6.52. The lowest BCUT2D eigenvalue weighted by Crippen LogP contribution is -2.48. The molecular weight excluding hydrogens is 429 g/mol. The maximum atomic E-state index is 14.0. The molecule has 1 saturated carbocycles. The third-order valence-corrected chi connectivity index (χ3v) is 9.04. The van der Waals surface area contributed by atoms with Crippen molar-refractivity contribution < 1.29 is 4.79 Å². The van der Waals surface area contributed by atoms with Gasteiger partial charge < -0.3 is 5.32 Å². The molecule has 2 unspecified atom stereocenters. The van der Waals surface area contributed by atoms with Gasteiger partial charge in [-0.25, -0.2) is 9.97 Å². The number of aromatic nitrogens is 2. The van der Waals surface area contributed by atoms with Crippen molar-refractivity contribution in [3.05, 3.63) is 62.9 Å². The molecule has 3 aromatic rings. The zero-order chi connectivity index (χ0) is 22.3. The van der Waals surface area contributed by atoms with Crippen LogP contribution in [-0.2, 0) is 15.6 Å². The summed E-state index contributed by atoms with van der Waals surface area (Å²) in [5.41, 5.74) is 4.77. The molecule has 1 aromatic heterocycles. The number of anilines is 1. The molecule has 2 aromatic carbocycles. The highest BCUT2D eigenvalue weighted by molar-refractivity contribution is 6.42. The van der Waals surface area contributed by atoms with Crippen molar-refractivity contribution in [1.82, 2.24) is 9.97 Å². The lowest BCUT2D eigenvalue weighted by molar-refractivity contribution is -0.125. The van der Waals surface area contributed by atoms with Gasteiger partial charge in [0.25, 0.3) is 0 Å². The maximum absolute atomic E-state index is 14.0. The van der Waals surface area contributed by atoms with E-state index in [9.17, 15) is 4.79 Å². The Labute approximate surface area is 192 Å². The number of rotatable bonds is 2. The first-order valence-electron chi connectivity index (χ1n) is 10.6. The third kappa shape index (κ3) is 2.46. The van der Waals surface area contributed by atoms with Crippen LogP contribution in [0.15, 0.2) is 30.3 Å². The average molecular weight is 454 g/mol. The Balaban J connectivity index is 1.72. The van der Waals surface area contributed by atoms with Crippen LogP contribution in [0.4, 0.5) is 5.69 Å². The lowest BCUT2D eigenvalue weighted by Gasteiger charge is -2.39. The Morgan fingerprint density at radius 3 is 2.23 bits per heavy atom. The van der Waals surface area contributed by atoms with Crippen LogP contribution in [0.5, 0.6) is 0 Å². The van der Waals surface area contributed by atoms with E-state index in [2.05, 4.69) is 39.1 Å². The third-order valence-electron chi connectivity index (χ3n) is 8.32. The SMILES string of the molecule is Cc1cccc(NC(=O)C23CCC(C)(c4nc5cc(Cl)c(Cl)cc5nc42)C3(C)C)c1C. The van der Waals surface area contributed by atoms with Crippen LogP contribution in [0.1, 0.15) is 56.1 Å². The zero-order valence-electron chi connectivity index (χ0n) is 18.4. The van der Waals surface area contributed by atoms with Crippen molar-refractivity contribution in [1.29, 1.82) is 0 Å². The number of fused-ring (bicyclic) bond motifs is 6. The van der Waals surface area contributed by atoms with E-state index in [0.29, 0.717) is 21.1 Å². The second-order valence-electron chi connectivity index (χ2n) is 9.74. The topological polar surface area (TPSA) is 54.9 Å². The lowest BCUT2D eigenvalue weighted by atomic mass is 9.63. The minimum atomic E-state index is -0.763. The van der Waals surface area contributed by atoms with E-state index in [-0.39, 0.29) is 16.7 Å². The summed E-state index contributed by atoms with van der Waals surface area (Å²) >= 11 is 12.5. The highest BCUT2D eigenvalue weighted by Gasteiger charge is 2.73. The number of nitrogens with zero attached hydrogens (tertiary/aromatic N) is 2. The summed E-state index contributed by atoms with van der Waals surface area (Å²) in [6.45, 7) is 10.7. The Kier molecular flexibility index (Phi) is 4.30. The van der Waals surface area contributed by atoms with Gasteiger partial charge in [-0.15, -0.1) is 0 Å². The molecular formula is C25H25Cl2N3O. The van der Waals surface area contributed by atoms with Crippen molar-refractivity contribution in [2.45, 2.75) is 58.3 Å². The number of benzene rings is 2.